The second-order valence-electron chi connectivity index (χ2n) is 4.18. The van der Waals surface area contributed by atoms with Gasteiger partial charge in [-0.05, 0) is 13.8 Å². The Balaban J connectivity index is 2.82. The summed E-state index contributed by atoms with van der Waals surface area (Å²) in [5.41, 5.74) is 6.75. The molecule has 2 N–H and O–H groups in total. The number of nitrogens with two attached hydrogens (primary N) is 1. The number of carbonyl (C=O) groups excluding carboxylic acids is 1. The van der Waals surface area contributed by atoms with Crippen LogP contribution in [0.3, 0.4) is 0 Å². The van der Waals surface area contributed by atoms with Crippen molar-refractivity contribution in [3.05, 3.63) is 46.2 Å². The number of anilines is 1. The molecule has 1 heterocycles. The van der Waals surface area contributed by atoms with Crippen LogP contribution in [0.15, 0.2) is 35.1 Å². The Morgan fingerprint density at radius 2 is 1.95 bits per heavy atom. The van der Waals surface area contributed by atoms with Crippen molar-refractivity contribution in [3.63, 3.8) is 0 Å². The smallest absolute Gasteiger partial charge is 0.290 e. The fourth-order valence-corrected chi connectivity index (χ4v) is 1.96. The van der Waals surface area contributed by atoms with Crippen molar-refractivity contribution in [3.8, 4) is 11.3 Å². The number of hydrogen-bond donors (Lipinski definition) is 1. The Morgan fingerprint density at radius 1 is 1.32 bits per heavy atom. The predicted molar refractivity (Wildman–Crippen MR) is 74.0 cm³/mol. The SMILES string of the molecule is CCn1nc(-c2ccccc2)c(C(C)=O)c(N)c1=O. The van der Waals surface area contributed by atoms with Gasteiger partial charge in [0.2, 0.25) is 0 Å². The van der Waals surface area contributed by atoms with Gasteiger partial charge in [0.05, 0.1) is 5.56 Å². The maximum absolute atomic E-state index is 11.9. The van der Waals surface area contributed by atoms with Gasteiger partial charge < -0.3 is 5.73 Å². The zero-order valence-corrected chi connectivity index (χ0v) is 10.9. The lowest BCUT2D eigenvalue weighted by Crippen LogP contribution is -2.28. The van der Waals surface area contributed by atoms with E-state index < -0.39 is 5.56 Å². The van der Waals surface area contributed by atoms with Crippen LogP contribution in [0.1, 0.15) is 24.2 Å². The predicted octanol–water partition coefficient (Wildman–Crippen LogP) is 1.71. The fraction of sp³-hybridized carbons (Fsp3) is 0.214. The van der Waals surface area contributed by atoms with Crippen molar-refractivity contribution in [2.75, 3.05) is 5.73 Å². The van der Waals surface area contributed by atoms with Crippen LogP contribution in [0, 0.1) is 0 Å². The highest BCUT2D eigenvalue weighted by Crippen LogP contribution is 2.23. The molecule has 1 aromatic heterocycles. The van der Waals surface area contributed by atoms with Gasteiger partial charge in [0.25, 0.3) is 5.56 Å². The molecule has 0 fully saturated rings. The van der Waals surface area contributed by atoms with Crippen molar-refractivity contribution in [1.29, 1.82) is 0 Å². The summed E-state index contributed by atoms with van der Waals surface area (Å²) in [7, 11) is 0. The van der Waals surface area contributed by atoms with Gasteiger partial charge >= 0.3 is 0 Å². The van der Waals surface area contributed by atoms with Gasteiger partial charge in [0.15, 0.2) is 5.78 Å². The molecular weight excluding hydrogens is 242 g/mol. The van der Waals surface area contributed by atoms with Crippen LogP contribution in [0.4, 0.5) is 5.69 Å². The van der Waals surface area contributed by atoms with Crippen molar-refractivity contribution in [2.24, 2.45) is 0 Å². The Kier molecular flexibility index (Phi) is 3.46. The molecule has 0 aliphatic carbocycles. The van der Waals surface area contributed by atoms with E-state index in [4.69, 9.17) is 5.73 Å². The van der Waals surface area contributed by atoms with E-state index in [1.54, 1.807) is 6.92 Å². The van der Waals surface area contributed by atoms with E-state index in [-0.39, 0.29) is 17.0 Å². The third-order valence-corrected chi connectivity index (χ3v) is 2.89. The van der Waals surface area contributed by atoms with Crippen molar-refractivity contribution in [1.82, 2.24) is 9.78 Å². The first kappa shape index (κ1) is 13.0. The van der Waals surface area contributed by atoms with Gasteiger partial charge in [-0.1, -0.05) is 30.3 Å². The monoisotopic (exact) mass is 257 g/mol. The first-order chi connectivity index (χ1) is 9.06. The molecule has 0 amide bonds. The number of aryl methyl sites for hydroxylation is 1. The highest BCUT2D eigenvalue weighted by molar-refractivity contribution is 6.04. The van der Waals surface area contributed by atoms with Gasteiger partial charge in [0.1, 0.15) is 11.4 Å². The number of ketones is 1. The minimum absolute atomic E-state index is 0.0387. The zero-order chi connectivity index (χ0) is 14.0. The van der Waals surface area contributed by atoms with Crippen LogP contribution in [0.2, 0.25) is 0 Å². The average Bonchev–Trinajstić information content (AvgIpc) is 2.42. The number of nitrogen functional groups attached to an aromatic ring is 1. The van der Waals surface area contributed by atoms with Gasteiger partial charge in [-0.3, -0.25) is 9.59 Å². The summed E-state index contributed by atoms with van der Waals surface area (Å²) in [5.74, 6) is -0.260. The second-order valence-corrected chi connectivity index (χ2v) is 4.18. The number of carbonyl (C=O) groups is 1. The number of nitrogens with zero attached hydrogens (tertiary/aromatic N) is 2. The molecule has 0 spiro atoms. The van der Waals surface area contributed by atoms with Crippen LogP contribution >= 0.6 is 0 Å². The van der Waals surface area contributed by atoms with Crippen molar-refractivity contribution < 1.29 is 4.79 Å². The molecule has 0 bridgehead atoms. The summed E-state index contributed by atoms with van der Waals surface area (Å²) < 4.78 is 1.27. The average molecular weight is 257 g/mol. The standard InChI is InChI=1S/C14H15N3O2/c1-3-17-14(19)12(15)11(9(2)18)13(16-17)10-7-5-4-6-8-10/h4-8H,3,15H2,1-2H3. The van der Waals surface area contributed by atoms with E-state index in [1.807, 2.05) is 30.3 Å². The van der Waals surface area contributed by atoms with Crippen molar-refractivity contribution >= 4 is 11.5 Å². The van der Waals surface area contributed by atoms with E-state index >= 15 is 0 Å². The highest BCUT2D eigenvalue weighted by Gasteiger charge is 2.19. The molecule has 5 heteroatoms. The van der Waals surface area contributed by atoms with Gasteiger partial charge in [0, 0.05) is 12.1 Å². The molecular formula is C14H15N3O2. The molecule has 98 valence electrons. The van der Waals surface area contributed by atoms with E-state index in [0.29, 0.717) is 12.2 Å². The van der Waals surface area contributed by atoms with Gasteiger partial charge in [-0.25, -0.2) is 4.68 Å². The van der Waals surface area contributed by atoms with E-state index in [1.165, 1.54) is 11.6 Å². The number of Topliss-reactive ketones (excluding diaryl/α,β-unsaturated/α-hetero) is 1. The highest BCUT2D eigenvalue weighted by atomic mass is 16.1. The molecule has 2 rings (SSSR count). The van der Waals surface area contributed by atoms with Crippen LogP contribution in [-0.2, 0) is 6.54 Å². The van der Waals surface area contributed by atoms with E-state index in [2.05, 4.69) is 5.10 Å². The molecule has 0 aliphatic heterocycles. The van der Waals surface area contributed by atoms with Crippen LogP contribution < -0.4 is 11.3 Å². The summed E-state index contributed by atoms with van der Waals surface area (Å²) in [5, 5.41) is 4.25. The summed E-state index contributed by atoms with van der Waals surface area (Å²) in [6.07, 6.45) is 0. The Labute approximate surface area is 110 Å². The Hall–Kier alpha value is -2.43. The topological polar surface area (TPSA) is 78.0 Å². The number of hydrogen-bond acceptors (Lipinski definition) is 4. The minimum atomic E-state index is -0.424. The first-order valence-corrected chi connectivity index (χ1v) is 6.03. The van der Waals surface area contributed by atoms with Crippen molar-refractivity contribution in [2.45, 2.75) is 20.4 Å². The van der Waals surface area contributed by atoms with Crippen LogP contribution in [0.25, 0.3) is 11.3 Å². The van der Waals surface area contributed by atoms with Crippen LogP contribution in [0.5, 0.6) is 0 Å². The number of rotatable bonds is 3. The normalized spacial score (nSPS) is 10.4. The Bertz CT molecular complexity index is 675. The largest absolute Gasteiger partial charge is 0.394 e. The number of aromatic nitrogens is 2. The maximum Gasteiger partial charge on any atom is 0.290 e. The summed E-state index contributed by atoms with van der Waals surface area (Å²) >= 11 is 0. The summed E-state index contributed by atoms with van der Waals surface area (Å²) in [4.78, 5) is 23.7. The van der Waals surface area contributed by atoms with E-state index in [0.717, 1.165) is 5.56 Å². The number of benzene rings is 1. The summed E-state index contributed by atoms with van der Waals surface area (Å²) in [6.45, 7) is 3.59. The molecule has 0 aliphatic rings. The molecule has 0 radical (unpaired) electrons. The lowest BCUT2D eigenvalue weighted by Gasteiger charge is -2.12. The minimum Gasteiger partial charge on any atom is -0.394 e. The lowest BCUT2D eigenvalue weighted by molar-refractivity contribution is 0.101. The fourth-order valence-electron chi connectivity index (χ4n) is 1.96. The third-order valence-electron chi connectivity index (χ3n) is 2.89. The first-order valence-electron chi connectivity index (χ1n) is 6.03. The lowest BCUT2D eigenvalue weighted by atomic mass is 10.0. The molecule has 0 unspecified atom stereocenters. The Morgan fingerprint density at radius 3 is 2.47 bits per heavy atom. The quantitative estimate of drug-likeness (QED) is 0.849. The molecule has 2 aromatic rings. The molecule has 0 atom stereocenters. The van der Waals surface area contributed by atoms with Crippen LogP contribution in [-0.4, -0.2) is 15.6 Å². The third kappa shape index (κ3) is 2.27. The van der Waals surface area contributed by atoms with Gasteiger partial charge in [-0.15, -0.1) is 0 Å². The molecule has 0 saturated carbocycles. The zero-order valence-electron chi connectivity index (χ0n) is 10.9. The molecule has 19 heavy (non-hydrogen) atoms. The maximum atomic E-state index is 11.9. The summed E-state index contributed by atoms with van der Waals surface area (Å²) in [6, 6.07) is 9.23. The molecule has 5 nitrogen and oxygen atoms in total. The molecule has 0 saturated heterocycles. The second kappa shape index (κ2) is 5.06. The molecule has 1 aromatic carbocycles. The van der Waals surface area contributed by atoms with E-state index in [9.17, 15) is 9.59 Å². The van der Waals surface area contributed by atoms with Gasteiger partial charge in [-0.2, -0.15) is 5.10 Å².